The Kier molecular flexibility index (Phi) is 4.16. The van der Waals surface area contributed by atoms with E-state index in [4.69, 9.17) is 4.52 Å². The molecule has 1 amide bonds. The third-order valence-electron chi connectivity index (χ3n) is 5.63. The normalized spacial score (nSPS) is 16.0. The maximum Gasteiger partial charge on any atom is 0.259 e. The van der Waals surface area contributed by atoms with Gasteiger partial charge in [-0.25, -0.2) is 4.98 Å². The van der Waals surface area contributed by atoms with E-state index >= 15 is 0 Å². The molecule has 3 heterocycles. The zero-order chi connectivity index (χ0) is 19.3. The molecule has 2 N–H and O–H groups in total. The number of rotatable bonds is 5. The molecule has 144 valence electrons. The molecular formula is C22H24N4O2. The second kappa shape index (κ2) is 6.71. The Morgan fingerprint density at radius 2 is 2.07 bits per heavy atom. The van der Waals surface area contributed by atoms with Gasteiger partial charge in [-0.2, -0.15) is 0 Å². The summed E-state index contributed by atoms with van der Waals surface area (Å²) >= 11 is 0. The lowest BCUT2D eigenvalue weighted by Gasteiger charge is -2.10. The van der Waals surface area contributed by atoms with Crippen LogP contribution in [0.15, 0.2) is 28.8 Å². The van der Waals surface area contributed by atoms with Gasteiger partial charge in [0.2, 0.25) is 0 Å². The second-order valence-corrected chi connectivity index (χ2v) is 8.16. The summed E-state index contributed by atoms with van der Waals surface area (Å²) in [4.78, 5) is 17.7. The van der Waals surface area contributed by atoms with Gasteiger partial charge in [0.1, 0.15) is 0 Å². The second-order valence-electron chi connectivity index (χ2n) is 8.16. The fourth-order valence-electron chi connectivity index (χ4n) is 3.89. The molecule has 0 spiro atoms. The highest BCUT2D eigenvalue weighted by Crippen LogP contribution is 2.41. The number of hydrogen-bond donors (Lipinski definition) is 2. The molecule has 5 rings (SSSR count). The van der Waals surface area contributed by atoms with E-state index in [1.54, 1.807) is 0 Å². The zero-order valence-electron chi connectivity index (χ0n) is 16.2. The topological polar surface area (TPSA) is 80.0 Å². The van der Waals surface area contributed by atoms with Crippen molar-refractivity contribution >= 4 is 17.0 Å². The van der Waals surface area contributed by atoms with Crippen molar-refractivity contribution in [2.45, 2.75) is 58.2 Å². The quantitative estimate of drug-likeness (QED) is 0.709. The third kappa shape index (κ3) is 3.07. The number of carbonyl (C=O) groups excluding carboxylic acids is 1. The van der Waals surface area contributed by atoms with Crippen molar-refractivity contribution < 1.29 is 9.32 Å². The summed E-state index contributed by atoms with van der Waals surface area (Å²) in [5.41, 5.74) is 6.59. The van der Waals surface area contributed by atoms with Crippen LogP contribution in [-0.4, -0.2) is 16.0 Å². The van der Waals surface area contributed by atoms with Crippen molar-refractivity contribution in [1.29, 1.82) is 0 Å². The van der Waals surface area contributed by atoms with Crippen LogP contribution in [0.4, 0.5) is 0 Å². The molecule has 6 nitrogen and oxygen atoms in total. The van der Waals surface area contributed by atoms with Crippen LogP contribution in [0, 0.1) is 0 Å². The number of fused-ring (bicyclic) bond motifs is 2. The van der Waals surface area contributed by atoms with Crippen LogP contribution in [0.1, 0.15) is 77.0 Å². The molecule has 0 atom stereocenters. The minimum absolute atomic E-state index is 0.0991. The third-order valence-corrected chi connectivity index (χ3v) is 5.63. The molecule has 1 fully saturated rings. The van der Waals surface area contributed by atoms with Gasteiger partial charge in [0.25, 0.3) is 11.6 Å². The smallest absolute Gasteiger partial charge is 0.259 e. The first-order valence-corrected chi connectivity index (χ1v) is 10.00. The van der Waals surface area contributed by atoms with Crippen LogP contribution in [-0.2, 0) is 19.6 Å². The van der Waals surface area contributed by atoms with Crippen LogP contribution < -0.4 is 10.6 Å². The van der Waals surface area contributed by atoms with E-state index in [0.29, 0.717) is 23.7 Å². The molecule has 2 aliphatic rings. The molecule has 0 radical (unpaired) electrons. The lowest BCUT2D eigenvalue weighted by Crippen LogP contribution is -2.23. The Bertz CT molecular complexity index is 1070. The van der Waals surface area contributed by atoms with Crippen LogP contribution in [0.3, 0.4) is 0 Å². The number of nitrogens with zero attached hydrogens (tertiary/aromatic N) is 2. The molecule has 3 aromatic rings. The SMILES string of the molecule is CC(C)c1noc2nc(C3CC3)cc(C(=O)NCc3ccc4c(c3)CNC4)c12. The summed E-state index contributed by atoms with van der Waals surface area (Å²) in [5, 5.41) is 11.4. The van der Waals surface area contributed by atoms with Gasteiger partial charge in [0.05, 0.1) is 16.6 Å². The number of pyridine rings is 1. The van der Waals surface area contributed by atoms with E-state index in [1.807, 2.05) is 19.9 Å². The fraction of sp³-hybridized carbons (Fsp3) is 0.409. The molecule has 0 bridgehead atoms. The summed E-state index contributed by atoms with van der Waals surface area (Å²) in [6, 6.07) is 8.34. The Balaban J connectivity index is 1.45. The van der Waals surface area contributed by atoms with E-state index in [0.717, 1.165) is 48.3 Å². The highest BCUT2D eigenvalue weighted by molar-refractivity contribution is 6.06. The van der Waals surface area contributed by atoms with Gasteiger partial charge < -0.3 is 15.2 Å². The van der Waals surface area contributed by atoms with Crippen molar-refractivity contribution in [3.63, 3.8) is 0 Å². The van der Waals surface area contributed by atoms with Crippen LogP contribution in [0.25, 0.3) is 11.1 Å². The van der Waals surface area contributed by atoms with Gasteiger partial charge in [0.15, 0.2) is 0 Å². The molecular weight excluding hydrogens is 352 g/mol. The maximum atomic E-state index is 13.1. The Hall–Kier alpha value is -2.73. The average Bonchev–Trinajstić information content (AvgIpc) is 3.28. The van der Waals surface area contributed by atoms with E-state index in [9.17, 15) is 4.79 Å². The largest absolute Gasteiger partial charge is 0.348 e. The lowest BCUT2D eigenvalue weighted by atomic mass is 10.0. The van der Waals surface area contributed by atoms with E-state index in [2.05, 4.69) is 39.0 Å². The van der Waals surface area contributed by atoms with Crippen molar-refractivity contribution in [1.82, 2.24) is 20.8 Å². The Labute approximate surface area is 163 Å². The van der Waals surface area contributed by atoms with Gasteiger partial charge in [-0.3, -0.25) is 4.79 Å². The predicted molar refractivity (Wildman–Crippen MR) is 106 cm³/mol. The molecule has 2 aromatic heterocycles. The number of amides is 1. The lowest BCUT2D eigenvalue weighted by molar-refractivity contribution is 0.0952. The van der Waals surface area contributed by atoms with Crippen LogP contribution >= 0.6 is 0 Å². The molecule has 6 heteroatoms. The van der Waals surface area contributed by atoms with Crippen LogP contribution in [0.2, 0.25) is 0 Å². The summed E-state index contributed by atoms with van der Waals surface area (Å²) in [7, 11) is 0. The zero-order valence-corrected chi connectivity index (χ0v) is 16.2. The van der Waals surface area contributed by atoms with Crippen molar-refractivity contribution in [2.24, 2.45) is 0 Å². The number of hydrogen-bond acceptors (Lipinski definition) is 5. The van der Waals surface area contributed by atoms with Gasteiger partial charge >= 0.3 is 0 Å². The molecule has 1 saturated carbocycles. The van der Waals surface area contributed by atoms with Gasteiger partial charge in [0, 0.05) is 31.2 Å². The highest BCUT2D eigenvalue weighted by Gasteiger charge is 2.29. The Morgan fingerprint density at radius 1 is 1.25 bits per heavy atom. The van der Waals surface area contributed by atoms with E-state index < -0.39 is 0 Å². The van der Waals surface area contributed by atoms with Gasteiger partial charge in [-0.15, -0.1) is 0 Å². The van der Waals surface area contributed by atoms with Crippen molar-refractivity contribution in [2.75, 3.05) is 0 Å². The summed E-state index contributed by atoms with van der Waals surface area (Å²) in [6.07, 6.45) is 2.24. The Morgan fingerprint density at radius 3 is 2.86 bits per heavy atom. The van der Waals surface area contributed by atoms with Crippen molar-refractivity contribution in [3.05, 3.63) is 57.9 Å². The number of aromatic nitrogens is 2. The first-order chi connectivity index (χ1) is 13.6. The summed E-state index contributed by atoms with van der Waals surface area (Å²) in [6.45, 7) is 6.41. The molecule has 1 aromatic carbocycles. The first kappa shape index (κ1) is 17.4. The molecule has 0 unspecified atom stereocenters. The number of nitrogens with one attached hydrogen (secondary N) is 2. The molecule has 0 saturated heterocycles. The highest BCUT2D eigenvalue weighted by atomic mass is 16.5. The fourth-order valence-corrected chi connectivity index (χ4v) is 3.89. The van der Waals surface area contributed by atoms with Crippen molar-refractivity contribution in [3.8, 4) is 0 Å². The summed E-state index contributed by atoms with van der Waals surface area (Å²) < 4.78 is 5.48. The maximum absolute atomic E-state index is 13.1. The average molecular weight is 376 g/mol. The van der Waals surface area contributed by atoms with E-state index in [-0.39, 0.29) is 11.8 Å². The number of carbonyl (C=O) groups is 1. The van der Waals surface area contributed by atoms with Gasteiger partial charge in [-0.05, 0) is 41.5 Å². The number of benzene rings is 1. The monoisotopic (exact) mass is 376 g/mol. The molecule has 1 aliphatic carbocycles. The first-order valence-electron chi connectivity index (χ1n) is 10.00. The molecule has 1 aliphatic heterocycles. The van der Waals surface area contributed by atoms with E-state index in [1.165, 1.54) is 11.1 Å². The standard InChI is InChI=1S/C22H24N4O2/c1-12(2)20-19-17(8-18(14-5-6-14)25-22(19)28-26-20)21(27)24-9-13-3-4-15-10-23-11-16(15)7-13/h3-4,7-8,12,14,23H,5-6,9-11H2,1-2H3,(H,24,27). The van der Waals surface area contributed by atoms with Gasteiger partial charge in [-0.1, -0.05) is 37.2 Å². The minimum atomic E-state index is -0.0991. The predicted octanol–water partition coefficient (Wildman–Crippen LogP) is 3.76. The minimum Gasteiger partial charge on any atom is -0.348 e. The summed E-state index contributed by atoms with van der Waals surface area (Å²) in [5.74, 6) is 0.497. The van der Waals surface area contributed by atoms with Crippen LogP contribution in [0.5, 0.6) is 0 Å². The molecule has 28 heavy (non-hydrogen) atoms.